The fraction of sp³-hybridized carbons (Fsp3) is 0.529. The Kier molecular flexibility index (Phi) is 3.83. The molecule has 0 radical (unpaired) electrons. The first-order valence-corrected chi connectivity index (χ1v) is 7.58. The molecular weight excluding hydrogens is 293 g/mol. The molecule has 0 amide bonds. The summed E-state index contributed by atoms with van der Waals surface area (Å²) >= 11 is 0. The monoisotopic (exact) mass is 310 g/mol. The summed E-state index contributed by atoms with van der Waals surface area (Å²) in [7, 11) is 0. The average molecular weight is 310 g/mol. The van der Waals surface area contributed by atoms with E-state index in [1.54, 1.807) is 30.3 Å². The Morgan fingerprint density at radius 3 is 2.41 bits per heavy atom. The first-order valence-electron chi connectivity index (χ1n) is 7.58. The highest BCUT2D eigenvalue weighted by Crippen LogP contribution is 2.51. The van der Waals surface area contributed by atoms with Gasteiger partial charge in [-0.3, -0.25) is 9.59 Å². The van der Waals surface area contributed by atoms with Gasteiger partial charge in [-0.1, -0.05) is 36.8 Å². The molecule has 0 heterocycles. The van der Waals surface area contributed by atoms with E-state index >= 15 is 0 Å². The van der Waals surface area contributed by atoms with Gasteiger partial charge < -0.3 is 0 Å². The Hall–Kier alpha value is -1.65. The molecule has 0 spiro atoms. The Bertz CT molecular complexity index is 579. The van der Waals surface area contributed by atoms with Crippen LogP contribution in [0.4, 0.5) is 13.2 Å². The molecule has 2 nitrogen and oxygen atoms in total. The largest absolute Gasteiger partial charge is 0.450 e. The average Bonchev–Trinajstić information content (AvgIpc) is 2.46. The fourth-order valence-corrected chi connectivity index (χ4v) is 4.24. The smallest absolute Gasteiger partial charge is 0.299 e. The summed E-state index contributed by atoms with van der Waals surface area (Å²) in [6.07, 6.45) is -2.90. The molecule has 0 aliphatic heterocycles. The normalized spacial score (nSPS) is 31.9. The highest BCUT2D eigenvalue weighted by atomic mass is 19.4. The highest BCUT2D eigenvalue weighted by molar-refractivity contribution is 5.93. The number of alkyl halides is 3. The summed E-state index contributed by atoms with van der Waals surface area (Å²) in [5.41, 5.74) is 0.734. The summed E-state index contributed by atoms with van der Waals surface area (Å²) in [5.74, 6) is -4.26. The predicted octanol–water partition coefficient (Wildman–Crippen LogP) is 3.91. The van der Waals surface area contributed by atoms with E-state index in [1.165, 1.54) is 0 Å². The number of fused-ring (bicyclic) bond motifs is 2. The number of carbonyl (C=O) groups excluding carboxylic acids is 2. The van der Waals surface area contributed by atoms with E-state index < -0.39 is 35.6 Å². The van der Waals surface area contributed by atoms with Gasteiger partial charge in [-0.05, 0) is 30.2 Å². The molecule has 2 saturated carbocycles. The zero-order chi connectivity index (χ0) is 15.9. The Labute approximate surface area is 126 Å². The molecule has 1 aromatic carbocycles. The van der Waals surface area contributed by atoms with Gasteiger partial charge in [0, 0.05) is 18.3 Å². The minimum atomic E-state index is -4.82. The number of benzene rings is 1. The van der Waals surface area contributed by atoms with Crippen molar-refractivity contribution < 1.29 is 22.8 Å². The summed E-state index contributed by atoms with van der Waals surface area (Å²) < 4.78 is 38.8. The molecule has 3 rings (SSSR count). The molecule has 0 saturated heterocycles. The Balaban J connectivity index is 1.99. The third kappa shape index (κ3) is 2.57. The van der Waals surface area contributed by atoms with Gasteiger partial charge in [0.25, 0.3) is 0 Å². The number of hydrogen-bond donors (Lipinski definition) is 0. The van der Waals surface area contributed by atoms with Crippen LogP contribution in [0.1, 0.15) is 37.2 Å². The molecular formula is C17H17F3O2. The Morgan fingerprint density at radius 1 is 1.09 bits per heavy atom. The van der Waals surface area contributed by atoms with E-state index in [1.807, 2.05) is 0 Å². The van der Waals surface area contributed by atoms with E-state index in [2.05, 4.69) is 0 Å². The summed E-state index contributed by atoms with van der Waals surface area (Å²) in [6.45, 7) is 0. The molecule has 1 aromatic rings. The van der Waals surface area contributed by atoms with Crippen molar-refractivity contribution in [3.8, 4) is 0 Å². The van der Waals surface area contributed by atoms with Gasteiger partial charge in [-0.25, -0.2) is 0 Å². The minimum Gasteiger partial charge on any atom is -0.299 e. The van der Waals surface area contributed by atoms with Crippen LogP contribution in [0.5, 0.6) is 0 Å². The van der Waals surface area contributed by atoms with E-state index in [0.717, 1.165) is 12.0 Å². The van der Waals surface area contributed by atoms with Crippen LogP contribution in [0.3, 0.4) is 0 Å². The second kappa shape index (κ2) is 5.52. The van der Waals surface area contributed by atoms with Gasteiger partial charge in [0.1, 0.15) is 5.78 Å². The standard InChI is InChI=1S/C17H17F3O2/c18-17(19,20)16(22)15-11-7-4-8-12(15)14(13(21)9-11)10-5-2-1-3-6-10/h1-3,5-6,11-12,14-15H,4,7-9H2/t11?,12?,14-,15+/m0/s1. The van der Waals surface area contributed by atoms with Crippen LogP contribution in [-0.4, -0.2) is 17.7 Å². The van der Waals surface area contributed by atoms with E-state index in [9.17, 15) is 22.8 Å². The molecule has 2 bridgehead atoms. The van der Waals surface area contributed by atoms with Crippen LogP contribution in [0.15, 0.2) is 30.3 Å². The topological polar surface area (TPSA) is 34.1 Å². The van der Waals surface area contributed by atoms with Crippen molar-refractivity contribution in [3.05, 3.63) is 35.9 Å². The van der Waals surface area contributed by atoms with E-state index in [4.69, 9.17) is 0 Å². The predicted molar refractivity (Wildman–Crippen MR) is 74.2 cm³/mol. The number of halogens is 3. The highest BCUT2D eigenvalue weighted by Gasteiger charge is 2.55. The number of Topliss-reactive ketones (excluding diaryl/α,β-unsaturated/α-hetero) is 2. The van der Waals surface area contributed by atoms with Gasteiger partial charge in [0.2, 0.25) is 5.78 Å². The van der Waals surface area contributed by atoms with Crippen LogP contribution < -0.4 is 0 Å². The van der Waals surface area contributed by atoms with Gasteiger partial charge >= 0.3 is 6.18 Å². The van der Waals surface area contributed by atoms with Crippen molar-refractivity contribution in [1.82, 2.24) is 0 Å². The first-order chi connectivity index (χ1) is 10.4. The van der Waals surface area contributed by atoms with Crippen molar-refractivity contribution in [3.63, 3.8) is 0 Å². The lowest BCUT2D eigenvalue weighted by Crippen LogP contribution is -2.49. The molecule has 0 N–H and O–H groups in total. The van der Waals surface area contributed by atoms with Crippen LogP contribution in [0, 0.1) is 17.8 Å². The zero-order valence-electron chi connectivity index (χ0n) is 12.0. The van der Waals surface area contributed by atoms with Crippen molar-refractivity contribution in [2.24, 2.45) is 17.8 Å². The van der Waals surface area contributed by atoms with E-state index in [0.29, 0.717) is 12.8 Å². The number of hydrogen-bond acceptors (Lipinski definition) is 2. The number of carbonyl (C=O) groups is 2. The second-order valence-corrected chi connectivity index (χ2v) is 6.30. The molecule has 2 aliphatic rings. The third-order valence-corrected chi connectivity index (χ3v) is 5.06. The second-order valence-electron chi connectivity index (χ2n) is 6.30. The molecule has 118 valence electrons. The van der Waals surface area contributed by atoms with Crippen molar-refractivity contribution >= 4 is 11.6 Å². The maximum Gasteiger partial charge on any atom is 0.450 e. The SMILES string of the molecule is O=C1CC2CCCC([C@@H]2C(=O)C(F)(F)F)[C@@H]1c1ccccc1. The molecule has 2 unspecified atom stereocenters. The lowest BCUT2D eigenvalue weighted by molar-refractivity contribution is -0.183. The zero-order valence-corrected chi connectivity index (χ0v) is 12.0. The number of rotatable bonds is 2. The summed E-state index contributed by atoms with van der Waals surface area (Å²) in [4.78, 5) is 24.3. The van der Waals surface area contributed by atoms with Crippen molar-refractivity contribution in [2.45, 2.75) is 37.8 Å². The summed E-state index contributed by atoms with van der Waals surface area (Å²) in [5, 5.41) is 0. The third-order valence-electron chi connectivity index (χ3n) is 5.06. The molecule has 0 aromatic heterocycles. The van der Waals surface area contributed by atoms with Crippen LogP contribution in [0.25, 0.3) is 0 Å². The summed E-state index contributed by atoms with van der Waals surface area (Å²) in [6, 6.07) is 8.90. The fourth-order valence-electron chi connectivity index (χ4n) is 4.24. The quantitative estimate of drug-likeness (QED) is 0.830. The van der Waals surface area contributed by atoms with Crippen LogP contribution >= 0.6 is 0 Å². The van der Waals surface area contributed by atoms with Gasteiger partial charge in [0.05, 0.1) is 0 Å². The van der Waals surface area contributed by atoms with Crippen molar-refractivity contribution in [2.75, 3.05) is 0 Å². The maximum atomic E-state index is 12.9. The number of ketones is 2. The lowest BCUT2D eigenvalue weighted by Gasteiger charge is -2.45. The van der Waals surface area contributed by atoms with Crippen LogP contribution in [0.2, 0.25) is 0 Å². The molecule has 22 heavy (non-hydrogen) atoms. The first kappa shape index (κ1) is 15.3. The van der Waals surface area contributed by atoms with E-state index in [-0.39, 0.29) is 12.2 Å². The van der Waals surface area contributed by atoms with Gasteiger partial charge in [0.15, 0.2) is 0 Å². The maximum absolute atomic E-state index is 12.9. The molecule has 5 heteroatoms. The molecule has 4 atom stereocenters. The molecule has 2 aliphatic carbocycles. The van der Waals surface area contributed by atoms with Gasteiger partial charge in [-0.15, -0.1) is 0 Å². The van der Waals surface area contributed by atoms with Crippen LogP contribution in [-0.2, 0) is 9.59 Å². The van der Waals surface area contributed by atoms with Crippen molar-refractivity contribution in [1.29, 1.82) is 0 Å². The minimum absolute atomic E-state index is 0.0212. The molecule has 2 fully saturated rings. The lowest BCUT2D eigenvalue weighted by atomic mass is 9.57. The Morgan fingerprint density at radius 2 is 1.77 bits per heavy atom. The van der Waals surface area contributed by atoms with Gasteiger partial charge in [-0.2, -0.15) is 13.2 Å².